The number of unbranched alkanes of at least 4 members (excludes halogenated alkanes) is 1. The van der Waals surface area contributed by atoms with Crippen LogP contribution in [-0.2, 0) is 0 Å². The third kappa shape index (κ3) is 4.62. The highest BCUT2D eigenvalue weighted by Crippen LogP contribution is 2.42. The summed E-state index contributed by atoms with van der Waals surface area (Å²) in [5.41, 5.74) is 0. The minimum Gasteiger partial charge on any atom is -0.216 e. The highest BCUT2D eigenvalue weighted by atomic mass is 19.1. The number of rotatable bonds is 5. The topological polar surface area (TPSA) is 23.8 Å². The molecule has 0 bridgehead atoms. The van der Waals surface area contributed by atoms with Crippen LogP contribution in [0.3, 0.4) is 0 Å². The van der Waals surface area contributed by atoms with Crippen molar-refractivity contribution >= 4 is 0 Å². The molecule has 0 N–H and O–H groups in total. The van der Waals surface area contributed by atoms with Gasteiger partial charge in [0.1, 0.15) is 0 Å². The van der Waals surface area contributed by atoms with E-state index in [9.17, 15) is 4.39 Å². The van der Waals surface area contributed by atoms with Crippen LogP contribution in [0.25, 0.3) is 0 Å². The van der Waals surface area contributed by atoms with Crippen LogP contribution in [-0.4, -0.2) is 0 Å². The normalized spacial score (nSPS) is 35.0. The molecule has 0 atom stereocenters. The van der Waals surface area contributed by atoms with Crippen LogP contribution in [0, 0.1) is 35.0 Å². The SMILES string of the molecule is N#C[C@H]1CC[C@H]([C@H]2CC[C@H](CCC/C=C/F)CC2)CC1. The van der Waals surface area contributed by atoms with Crippen molar-refractivity contribution in [2.75, 3.05) is 0 Å². The Morgan fingerprint density at radius 2 is 1.55 bits per heavy atom. The minimum atomic E-state index is 0.339. The molecule has 0 aromatic heterocycles. The first-order chi connectivity index (χ1) is 9.83. The predicted molar refractivity (Wildman–Crippen MR) is 80.6 cm³/mol. The van der Waals surface area contributed by atoms with Gasteiger partial charge in [-0.3, -0.25) is 0 Å². The number of allylic oxidation sites excluding steroid dienone is 1. The molecular weight excluding hydrogens is 249 g/mol. The molecule has 0 radical (unpaired) electrons. The summed E-state index contributed by atoms with van der Waals surface area (Å²) in [4.78, 5) is 0. The van der Waals surface area contributed by atoms with Gasteiger partial charge in [0.15, 0.2) is 0 Å². The molecule has 2 rings (SSSR count). The van der Waals surface area contributed by atoms with Crippen LogP contribution in [0.2, 0.25) is 0 Å². The molecule has 20 heavy (non-hydrogen) atoms. The molecule has 2 aliphatic carbocycles. The molecule has 0 aromatic rings. The van der Waals surface area contributed by atoms with Gasteiger partial charge < -0.3 is 0 Å². The lowest BCUT2D eigenvalue weighted by Crippen LogP contribution is -2.25. The summed E-state index contributed by atoms with van der Waals surface area (Å²) >= 11 is 0. The third-order valence-corrected chi connectivity index (χ3v) is 5.58. The number of nitriles is 1. The number of nitrogens with zero attached hydrogens (tertiary/aromatic N) is 1. The van der Waals surface area contributed by atoms with Crippen molar-refractivity contribution in [2.45, 2.75) is 70.6 Å². The van der Waals surface area contributed by atoms with Gasteiger partial charge in [-0.1, -0.05) is 25.3 Å². The van der Waals surface area contributed by atoms with Crippen molar-refractivity contribution in [1.29, 1.82) is 5.26 Å². The fourth-order valence-electron chi connectivity index (χ4n) is 4.26. The maximum absolute atomic E-state index is 11.9. The number of hydrogen-bond acceptors (Lipinski definition) is 1. The van der Waals surface area contributed by atoms with Crippen molar-refractivity contribution in [3.05, 3.63) is 12.4 Å². The van der Waals surface area contributed by atoms with E-state index >= 15 is 0 Å². The van der Waals surface area contributed by atoms with Crippen LogP contribution in [0.1, 0.15) is 70.6 Å². The van der Waals surface area contributed by atoms with Crippen LogP contribution in [0.5, 0.6) is 0 Å². The van der Waals surface area contributed by atoms with Crippen LogP contribution < -0.4 is 0 Å². The first kappa shape index (κ1) is 15.5. The minimum absolute atomic E-state index is 0.339. The van der Waals surface area contributed by atoms with E-state index in [-0.39, 0.29) is 0 Å². The first-order valence-electron chi connectivity index (χ1n) is 8.48. The summed E-state index contributed by atoms with van der Waals surface area (Å²) in [5, 5.41) is 8.96. The van der Waals surface area contributed by atoms with Gasteiger partial charge in [-0.15, -0.1) is 0 Å². The van der Waals surface area contributed by atoms with Crippen LogP contribution >= 0.6 is 0 Å². The maximum Gasteiger partial charge on any atom is 0.0827 e. The zero-order valence-electron chi connectivity index (χ0n) is 12.6. The van der Waals surface area contributed by atoms with Gasteiger partial charge in [-0.2, -0.15) is 5.26 Å². The summed E-state index contributed by atoms with van der Waals surface area (Å²) < 4.78 is 11.9. The van der Waals surface area contributed by atoms with Gasteiger partial charge in [0.2, 0.25) is 0 Å². The lowest BCUT2D eigenvalue weighted by Gasteiger charge is -2.36. The van der Waals surface area contributed by atoms with E-state index in [1.807, 2.05) is 0 Å². The fraction of sp³-hybridized carbons (Fsp3) is 0.833. The Morgan fingerprint density at radius 1 is 0.950 bits per heavy atom. The second kappa shape index (κ2) is 8.45. The molecule has 1 nitrogen and oxygen atoms in total. The molecule has 0 heterocycles. The largest absolute Gasteiger partial charge is 0.216 e. The van der Waals surface area contributed by atoms with E-state index in [2.05, 4.69) is 6.07 Å². The van der Waals surface area contributed by atoms with Crippen LogP contribution in [0.4, 0.5) is 4.39 Å². The Morgan fingerprint density at radius 3 is 2.10 bits per heavy atom. The van der Waals surface area contributed by atoms with E-state index in [0.717, 1.165) is 43.4 Å². The molecule has 0 spiro atoms. The van der Waals surface area contributed by atoms with Gasteiger partial charge >= 0.3 is 0 Å². The van der Waals surface area contributed by atoms with Gasteiger partial charge in [0.05, 0.1) is 12.4 Å². The Balaban J connectivity index is 1.63. The molecule has 0 unspecified atom stereocenters. The molecular formula is C18H28FN. The van der Waals surface area contributed by atoms with Gasteiger partial charge in [0, 0.05) is 5.92 Å². The molecule has 2 aliphatic rings. The molecule has 112 valence electrons. The number of halogens is 1. The second-order valence-corrected chi connectivity index (χ2v) is 6.81. The Labute approximate surface area is 123 Å². The maximum atomic E-state index is 11.9. The van der Waals surface area contributed by atoms with Crippen molar-refractivity contribution < 1.29 is 4.39 Å². The zero-order chi connectivity index (χ0) is 14.2. The molecule has 0 amide bonds. The van der Waals surface area contributed by atoms with Gasteiger partial charge in [-0.25, -0.2) is 4.39 Å². The van der Waals surface area contributed by atoms with Crippen molar-refractivity contribution in [3.63, 3.8) is 0 Å². The third-order valence-electron chi connectivity index (χ3n) is 5.58. The smallest absolute Gasteiger partial charge is 0.0827 e. The van der Waals surface area contributed by atoms with E-state index in [0.29, 0.717) is 12.2 Å². The standard InChI is InChI=1S/C18H28FN/c19-13-3-1-2-4-15-5-9-17(10-6-15)18-11-7-16(14-20)8-12-18/h3,13,15-18H,1-2,4-12H2/b13-3+/t15-,16-,17-,18-. The van der Waals surface area contributed by atoms with Crippen LogP contribution in [0.15, 0.2) is 12.4 Å². The molecule has 2 heteroatoms. The summed E-state index contributed by atoms with van der Waals surface area (Å²) in [7, 11) is 0. The average Bonchev–Trinajstić information content (AvgIpc) is 2.52. The molecule has 0 saturated heterocycles. The second-order valence-electron chi connectivity index (χ2n) is 6.81. The van der Waals surface area contributed by atoms with Crippen molar-refractivity contribution in [3.8, 4) is 6.07 Å². The summed E-state index contributed by atoms with van der Waals surface area (Å²) in [6.07, 6.45) is 16.0. The highest BCUT2D eigenvalue weighted by Gasteiger charge is 2.30. The van der Waals surface area contributed by atoms with Crippen molar-refractivity contribution in [1.82, 2.24) is 0 Å². The highest BCUT2D eigenvalue weighted by molar-refractivity contribution is 4.89. The van der Waals surface area contributed by atoms with E-state index < -0.39 is 0 Å². The molecule has 0 aliphatic heterocycles. The monoisotopic (exact) mass is 277 g/mol. The summed E-state index contributed by atoms with van der Waals surface area (Å²) in [6, 6.07) is 2.44. The predicted octanol–water partition coefficient (Wildman–Crippen LogP) is 5.78. The average molecular weight is 277 g/mol. The quantitative estimate of drug-likeness (QED) is 0.585. The molecule has 2 saturated carbocycles. The van der Waals surface area contributed by atoms with E-state index in [1.165, 1.54) is 44.9 Å². The first-order valence-corrected chi connectivity index (χ1v) is 8.48. The van der Waals surface area contributed by atoms with E-state index in [4.69, 9.17) is 5.26 Å². The summed E-state index contributed by atoms with van der Waals surface area (Å²) in [5.74, 6) is 3.05. The van der Waals surface area contributed by atoms with E-state index in [1.54, 1.807) is 6.08 Å². The van der Waals surface area contributed by atoms with Gasteiger partial charge in [-0.05, 0) is 69.1 Å². The Bertz CT molecular complexity index is 328. The Hall–Kier alpha value is -0.840. The molecule has 2 fully saturated rings. The lowest BCUT2D eigenvalue weighted by molar-refractivity contribution is 0.153. The van der Waals surface area contributed by atoms with Gasteiger partial charge in [0.25, 0.3) is 0 Å². The van der Waals surface area contributed by atoms with Crippen molar-refractivity contribution in [2.24, 2.45) is 23.7 Å². The fourth-order valence-corrected chi connectivity index (χ4v) is 4.26. The lowest BCUT2D eigenvalue weighted by atomic mass is 9.69. The Kier molecular flexibility index (Phi) is 6.57. The summed E-state index contributed by atoms with van der Waals surface area (Å²) in [6.45, 7) is 0. The number of hydrogen-bond donors (Lipinski definition) is 0. The molecule has 0 aromatic carbocycles. The zero-order valence-corrected chi connectivity index (χ0v) is 12.6.